The van der Waals surface area contributed by atoms with Crippen molar-refractivity contribution in [3.63, 3.8) is 0 Å². The number of aryl methyl sites for hydroxylation is 2. The summed E-state index contributed by atoms with van der Waals surface area (Å²) in [5.41, 5.74) is -3.93. The van der Waals surface area contributed by atoms with Crippen molar-refractivity contribution in [2.75, 3.05) is 0 Å². The van der Waals surface area contributed by atoms with E-state index in [4.69, 9.17) is 0 Å². The number of ketones is 4. The van der Waals surface area contributed by atoms with Crippen LogP contribution in [0.15, 0.2) is 28.7 Å². The van der Waals surface area contributed by atoms with Gasteiger partial charge in [0.05, 0.1) is 5.56 Å². The zero-order valence-corrected chi connectivity index (χ0v) is 26.0. The Bertz CT molecular complexity index is 1460. The number of phenols is 1. The average molecular weight is 581 g/mol. The number of aliphatic hydroxyl groups is 3. The minimum absolute atomic E-state index is 0.0146. The van der Waals surface area contributed by atoms with E-state index in [2.05, 4.69) is 0 Å². The van der Waals surface area contributed by atoms with Crippen LogP contribution in [0.4, 0.5) is 0 Å². The fourth-order valence-corrected chi connectivity index (χ4v) is 8.27. The lowest BCUT2D eigenvalue weighted by atomic mass is 9.44. The van der Waals surface area contributed by atoms with Crippen molar-refractivity contribution < 1.29 is 39.6 Å². The Morgan fingerprint density at radius 3 is 2.19 bits per heavy atom. The maximum atomic E-state index is 14.3. The maximum Gasteiger partial charge on any atom is 0.209 e. The first-order chi connectivity index (χ1) is 19.4. The standard InChI is InChI=1S/C34H44O8/c1-9-19-13-20(10-11-21(36)12-16(2)3)27(37)24-22(19)14-32(7)15-33(8)25(17(4)5)28(38)23(18(6)35)30(40)34(33,42)31(41)26(32)29(24)39/h13,16-17,25,37-38,41-42H,9-12,14-15H2,1-8H3/t25?,32-,33-,34+/m1/s1. The molecule has 0 fully saturated rings. The van der Waals surface area contributed by atoms with Gasteiger partial charge in [0.15, 0.2) is 17.2 Å². The van der Waals surface area contributed by atoms with Gasteiger partial charge in [-0.25, -0.2) is 0 Å². The number of rotatable bonds is 8. The van der Waals surface area contributed by atoms with Crippen molar-refractivity contribution >= 4 is 23.1 Å². The summed E-state index contributed by atoms with van der Waals surface area (Å²) in [6.07, 6.45) is 1.73. The Morgan fingerprint density at radius 2 is 1.67 bits per heavy atom. The molecule has 1 unspecified atom stereocenters. The van der Waals surface area contributed by atoms with Crippen molar-refractivity contribution in [2.45, 2.75) is 99.5 Å². The Labute approximate surface area is 247 Å². The number of carbonyl (C=O) groups excluding carboxylic acids is 4. The van der Waals surface area contributed by atoms with Gasteiger partial charge in [-0.1, -0.05) is 54.5 Å². The summed E-state index contributed by atoms with van der Waals surface area (Å²) in [4.78, 5) is 53.1. The van der Waals surface area contributed by atoms with E-state index in [-0.39, 0.29) is 60.2 Å². The van der Waals surface area contributed by atoms with Crippen LogP contribution in [0.25, 0.3) is 0 Å². The molecule has 4 atom stereocenters. The third-order valence-electron chi connectivity index (χ3n) is 9.87. The molecular formula is C34H44O8. The number of carbonyl (C=O) groups is 4. The molecule has 8 heteroatoms. The molecule has 0 aromatic heterocycles. The van der Waals surface area contributed by atoms with Gasteiger partial charge in [-0.3, -0.25) is 19.2 Å². The van der Waals surface area contributed by atoms with Crippen LogP contribution in [-0.2, 0) is 33.6 Å². The number of hydrogen-bond acceptors (Lipinski definition) is 8. The number of hydrogen-bond donors (Lipinski definition) is 4. The summed E-state index contributed by atoms with van der Waals surface area (Å²) in [5.74, 6) is -4.98. The van der Waals surface area contributed by atoms with E-state index in [1.54, 1.807) is 27.7 Å². The summed E-state index contributed by atoms with van der Waals surface area (Å²) in [6.45, 7) is 14.0. The highest BCUT2D eigenvalue weighted by Gasteiger charge is 2.71. The van der Waals surface area contributed by atoms with Crippen LogP contribution in [0.3, 0.4) is 0 Å². The Morgan fingerprint density at radius 1 is 1.05 bits per heavy atom. The van der Waals surface area contributed by atoms with Gasteiger partial charge < -0.3 is 20.4 Å². The molecule has 0 heterocycles. The first kappa shape index (κ1) is 31.7. The maximum absolute atomic E-state index is 14.3. The lowest BCUT2D eigenvalue weighted by Gasteiger charge is -2.59. The fourth-order valence-electron chi connectivity index (χ4n) is 8.27. The van der Waals surface area contributed by atoms with Crippen LogP contribution in [0, 0.1) is 28.6 Å². The van der Waals surface area contributed by atoms with Gasteiger partial charge in [0.1, 0.15) is 28.6 Å². The first-order valence-corrected chi connectivity index (χ1v) is 15.0. The van der Waals surface area contributed by atoms with E-state index in [1.807, 2.05) is 26.8 Å². The number of benzene rings is 1. The minimum atomic E-state index is -2.64. The predicted molar refractivity (Wildman–Crippen MR) is 157 cm³/mol. The zero-order valence-electron chi connectivity index (χ0n) is 26.0. The van der Waals surface area contributed by atoms with Crippen LogP contribution >= 0.6 is 0 Å². The van der Waals surface area contributed by atoms with Gasteiger partial charge in [0.25, 0.3) is 0 Å². The third kappa shape index (κ3) is 4.36. The van der Waals surface area contributed by atoms with Crippen LogP contribution in [0.5, 0.6) is 5.75 Å². The van der Waals surface area contributed by atoms with E-state index < -0.39 is 56.8 Å². The molecule has 0 saturated carbocycles. The van der Waals surface area contributed by atoms with E-state index in [1.165, 1.54) is 0 Å². The van der Waals surface area contributed by atoms with Crippen LogP contribution in [0.2, 0.25) is 0 Å². The molecule has 3 aliphatic carbocycles. The van der Waals surface area contributed by atoms with Gasteiger partial charge in [0.2, 0.25) is 5.78 Å². The molecule has 4 rings (SSSR count). The molecule has 1 aromatic carbocycles. The summed E-state index contributed by atoms with van der Waals surface area (Å²) in [6, 6.07) is 1.84. The van der Waals surface area contributed by atoms with Gasteiger partial charge in [-0.05, 0) is 61.1 Å². The molecule has 0 aliphatic heterocycles. The zero-order chi connectivity index (χ0) is 31.7. The summed E-state index contributed by atoms with van der Waals surface area (Å²) >= 11 is 0. The van der Waals surface area contributed by atoms with Gasteiger partial charge in [-0.2, -0.15) is 0 Å². The van der Waals surface area contributed by atoms with Crippen molar-refractivity contribution in [1.29, 1.82) is 0 Å². The SMILES string of the molecule is CCc1cc(CCC(=O)CC(C)C)c(O)c2c1C[C@]1(C)C[C@]3(C)C(C(C)C)C(O)=C(C(C)=O)C(=O)[C@]3(O)C(O)=C1C2=O. The largest absolute Gasteiger partial charge is 0.511 e. The molecule has 0 spiro atoms. The summed E-state index contributed by atoms with van der Waals surface area (Å²) in [5, 5.41) is 46.7. The fraction of sp³-hybridized carbons (Fsp3) is 0.588. The lowest BCUT2D eigenvalue weighted by molar-refractivity contribution is -0.171. The van der Waals surface area contributed by atoms with Crippen molar-refractivity contribution in [3.05, 3.63) is 51.0 Å². The highest BCUT2D eigenvalue weighted by molar-refractivity contribution is 6.25. The number of aliphatic hydroxyl groups excluding tert-OH is 2. The minimum Gasteiger partial charge on any atom is -0.511 e. The van der Waals surface area contributed by atoms with E-state index in [0.717, 1.165) is 12.5 Å². The van der Waals surface area contributed by atoms with Gasteiger partial charge in [0, 0.05) is 35.2 Å². The second-order valence-electron chi connectivity index (χ2n) is 13.8. The van der Waals surface area contributed by atoms with E-state index in [0.29, 0.717) is 24.0 Å². The summed E-state index contributed by atoms with van der Waals surface area (Å²) in [7, 11) is 0. The number of allylic oxidation sites excluding steroid dienone is 2. The molecule has 8 nitrogen and oxygen atoms in total. The Hall–Kier alpha value is -3.26. The normalized spacial score (nSPS) is 29.2. The smallest absolute Gasteiger partial charge is 0.209 e. The van der Waals surface area contributed by atoms with Crippen molar-refractivity contribution in [3.8, 4) is 5.75 Å². The van der Waals surface area contributed by atoms with Gasteiger partial charge >= 0.3 is 0 Å². The molecule has 3 aliphatic rings. The quantitative estimate of drug-likeness (QED) is 0.296. The number of Topliss-reactive ketones (excluding diaryl/α,β-unsaturated/α-hetero) is 4. The molecular weight excluding hydrogens is 536 g/mol. The second kappa shape index (κ2) is 10.5. The van der Waals surface area contributed by atoms with E-state index in [9.17, 15) is 39.6 Å². The molecule has 0 bridgehead atoms. The highest BCUT2D eigenvalue weighted by Crippen LogP contribution is 2.65. The molecule has 1 aromatic rings. The van der Waals surface area contributed by atoms with Crippen molar-refractivity contribution in [2.24, 2.45) is 28.6 Å². The first-order valence-electron chi connectivity index (χ1n) is 15.0. The summed E-state index contributed by atoms with van der Waals surface area (Å²) < 4.78 is 0. The van der Waals surface area contributed by atoms with E-state index >= 15 is 0 Å². The topological polar surface area (TPSA) is 149 Å². The second-order valence-corrected chi connectivity index (χ2v) is 13.8. The molecule has 42 heavy (non-hydrogen) atoms. The monoisotopic (exact) mass is 580 g/mol. The third-order valence-corrected chi connectivity index (χ3v) is 9.87. The molecule has 228 valence electrons. The lowest BCUT2D eigenvalue weighted by Crippen LogP contribution is -2.67. The Balaban J connectivity index is 1.95. The van der Waals surface area contributed by atoms with Crippen LogP contribution in [0.1, 0.15) is 102 Å². The van der Waals surface area contributed by atoms with Crippen LogP contribution < -0.4 is 0 Å². The molecule has 4 N–H and O–H groups in total. The van der Waals surface area contributed by atoms with Crippen molar-refractivity contribution in [1.82, 2.24) is 0 Å². The number of phenolic OH excluding ortho intramolecular Hbond substituents is 1. The predicted octanol–water partition coefficient (Wildman–Crippen LogP) is 5.46. The Kier molecular flexibility index (Phi) is 7.90. The average Bonchev–Trinajstić information content (AvgIpc) is 2.84. The molecule has 0 radical (unpaired) electrons. The van der Waals surface area contributed by atoms with Crippen LogP contribution in [-0.4, -0.2) is 49.2 Å². The molecule has 0 amide bonds. The number of aromatic hydroxyl groups is 1. The molecule has 0 saturated heterocycles. The number of fused-ring (bicyclic) bond motifs is 3. The highest BCUT2D eigenvalue weighted by atomic mass is 16.3. The van der Waals surface area contributed by atoms with Gasteiger partial charge in [-0.15, -0.1) is 0 Å².